The molecule has 0 spiro atoms. The maximum absolute atomic E-state index is 11.9. The van der Waals surface area contributed by atoms with Gasteiger partial charge in [-0.3, -0.25) is 14.5 Å². The lowest BCUT2D eigenvalue weighted by molar-refractivity contribution is -0.131. The molecule has 27 heavy (non-hydrogen) atoms. The first kappa shape index (κ1) is 21.5. The summed E-state index contributed by atoms with van der Waals surface area (Å²) in [4.78, 5) is 32.5. The van der Waals surface area contributed by atoms with E-state index < -0.39 is 0 Å². The molecule has 1 aromatic heterocycles. The molecule has 0 bridgehead atoms. The molecule has 1 aromatic rings. The third kappa shape index (κ3) is 5.84. The lowest BCUT2D eigenvalue weighted by Gasteiger charge is -2.45. The molecule has 0 aromatic carbocycles. The Balaban J connectivity index is 1.85. The summed E-state index contributed by atoms with van der Waals surface area (Å²) in [6.07, 6.45) is 1.66. The fraction of sp³-hybridized carbons (Fsp3) is 0.667. The molecule has 6 heteroatoms. The van der Waals surface area contributed by atoms with Crippen LogP contribution in [-0.2, 0) is 9.53 Å². The van der Waals surface area contributed by atoms with Crippen molar-refractivity contribution >= 4 is 17.4 Å². The van der Waals surface area contributed by atoms with E-state index in [4.69, 9.17) is 4.74 Å². The van der Waals surface area contributed by atoms with Gasteiger partial charge >= 0.3 is 0 Å². The van der Waals surface area contributed by atoms with E-state index in [1.54, 1.807) is 13.1 Å². The number of Topliss-reactive ketones (excluding diaryl/α,β-unsaturated/α-hetero) is 2. The molecule has 1 saturated heterocycles. The van der Waals surface area contributed by atoms with Gasteiger partial charge in [-0.05, 0) is 32.9 Å². The zero-order valence-electron chi connectivity index (χ0n) is 17.5. The number of piperazine rings is 1. The molecule has 1 aliphatic rings. The standard InChI is InChI=1S/C21H33N3O3/c1-15-12-23(9-10-27-14-19(26)21(4,5)6)13-16(2)24(15)20-8-7-18(11-22-20)17(3)25/h7-8,11,15-16H,9-10,12-14H2,1-6H3/t15-,16+. The predicted octanol–water partition coefficient (Wildman–Crippen LogP) is 2.82. The number of aromatic nitrogens is 1. The van der Waals surface area contributed by atoms with E-state index in [-0.39, 0.29) is 23.6 Å². The molecule has 1 aliphatic heterocycles. The first-order valence-electron chi connectivity index (χ1n) is 9.68. The van der Waals surface area contributed by atoms with Gasteiger partial charge in [-0.2, -0.15) is 0 Å². The van der Waals surface area contributed by atoms with E-state index in [1.165, 1.54) is 0 Å². The first-order valence-corrected chi connectivity index (χ1v) is 9.68. The molecular weight excluding hydrogens is 342 g/mol. The summed E-state index contributed by atoms with van der Waals surface area (Å²) in [7, 11) is 0. The summed E-state index contributed by atoms with van der Waals surface area (Å²) in [5.74, 6) is 1.07. The number of anilines is 1. The maximum Gasteiger partial charge on any atom is 0.163 e. The SMILES string of the molecule is CC(=O)c1ccc(N2[C@H](C)CN(CCOCC(=O)C(C)(C)C)C[C@@H]2C)nc1. The second-order valence-corrected chi connectivity index (χ2v) is 8.55. The molecule has 0 saturated carbocycles. The van der Waals surface area contributed by atoms with Gasteiger partial charge in [-0.25, -0.2) is 4.98 Å². The smallest absolute Gasteiger partial charge is 0.163 e. The number of hydrogen-bond donors (Lipinski definition) is 0. The molecule has 2 heterocycles. The summed E-state index contributed by atoms with van der Waals surface area (Å²) >= 11 is 0. The lowest BCUT2D eigenvalue weighted by atomic mass is 9.91. The van der Waals surface area contributed by atoms with Crippen LogP contribution in [0, 0.1) is 5.41 Å². The van der Waals surface area contributed by atoms with E-state index in [0.29, 0.717) is 24.3 Å². The molecule has 0 N–H and O–H groups in total. The van der Waals surface area contributed by atoms with Crippen LogP contribution in [0.3, 0.4) is 0 Å². The van der Waals surface area contributed by atoms with E-state index in [0.717, 1.165) is 25.5 Å². The van der Waals surface area contributed by atoms with Gasteiger partial charge in [0.05, 0.1) is 6.61 Å². The van der Waals surface area contributed by atoms with Crippen molar-refractivity contribution in [3.05, 3.63) is 23.9 Å². The Labute approximate surface area is 162 Å². The molecule has 6 nitrogen and oxygen atoms in total. The summed E-state index contributed by atoms with van der Waals surface area (Å²) in [5, 5.41) is 0. The Morgan fingerprint density at radius 1 is 1.19 bits per heavy atom. The highest BCUT2D eigenvalue weighted by molar-refractivity contribution is 5.93. The number of hydrogen-bond acceptors (Lipinski definition) is 6. The fourth-order valence-corrected chi connectivity index (χ4v) is 3.39. The van der Waals surface area contributed by atoms with E-state index in [1.807, 2.05) is 32.9 Å². The van der Waals surface area contributed by atoms with Gasteiger partial charge in [-0.15, -0.1) is 0 Å². The normalized spacial score (nSPS) is 21.3. The van der Waals surface area contributed by atoms with Crippen molar-refractivity contribution in [2.24, 2.45) is 5.41 Å². The van der Waals surface area contributed by atoms with Crippen molar-refractivity contribution in [2.45, 2.75) is 53.6 Å². The highest BCUT2D eigenvalue weighted by Gasteiger charge is 2.30. The first-order chi connectivity index (χ1) is 12.6. The van der Waals surface area contributed by atoms with Crippen LogP contribution >= 0.6 is 0 Å². The molecule has 0 unspecified atom stereocenters. The third-order valence-electron chi connectivity index (χ3n) is 5.04. The average Bonchev–Trinajstić information content (AvgIpc) is 2.57. The molecule has 0 radical (unpaired) electrons. The van der Waals surface area contributed by atoms with Gasteiger partial charge in [0.2, 0.25) is 0 Å². The van der Waals surface area contributed by atoms with Crippen LogP contribution in [0.15, 0.2) is 18.3 Å². The molecule has 2 rings (SSSR count). The zero-order valence-corrected chi connectivity index (χ0v) is 17.5. The highest BCUT2D eigenvalue weighted by Crippen LogP contribution is 2.23. The van der Waals surface area contributed by atoms with Crippen LogP contribution in [0.2, 0.25) is 0 Å². The molecule has 150 valence electrons. The van der Waals surface area contributed by atoms with Gasteiger partial charge in [0.1, 0.15) is 12.4 Å². The molecule has 0 amide bonds. The van der Waals surface area contributed by atoms with Crippen molar-refractivity contribution in [2.75, 3.05) is 37.7 Å². The van der Waals surface area contributed by atoms with Gasteiger partial charge < -0.3 is 9.64 Å². The molecule has 0 aliphatic carbocycles. The van der Waals surface area contributed by atoms with Crippen LogP contribution in [0.1, 0.15) is 51.9 Å². The predicted molar refractivity (Wildman–Crippen MR) is 107 cm³/mol. The fourth-order valence-electron chi connectivity index (χ4n) is 3.39. The summed E-state index contributed by atoms with van der Waals surface area (Å²) in [5.41, 5.74) is 0.291. The average molecular weight is 376 g/mol. The number of rotatable bonds is 7. The van der Waals surface area contributed by atoms with Gasteiger partial charge in [0.15, 0.2) is 11.6 Å². The Bertz CT molecular complexity index is 640. The van der Waals surface area contributed by atoms with Gasteiger partial charge in [0.25, 0.3) is 0 Å². The van der Waals surface area contributed by atoms with Crippen LogP contribution < -0.4 is 4.90 Å². The monoisotopic (exact) mass is 375 g/mol. The highest BCUT2D eigenvalue weighted by atomic mass is 16.5. The van der Waals surface area contributed by atoms with Crippen molar-refractivity contribution < 1.29 is 14.3 Å². The second-order valence-electron chi connectivity index (χ2n) is 8.55. The van der Waals surface area contributed by atoms with Crippen LogP contribution in [0.25, 0.3) is 0 Å². The molecule has 1 fully saturated rings. The molecular formula is C21H33N3O3. The largest absolute Gasteiger partial charge is 0.372 e. The lowest BCUT2D eigenvalue weighted by Crippen LogP contribution is -2.57. The second kappa shape index (κ2) is 8.93. The number of pyridine rings is 1. The maximum atomic E-state index is 11.9. The Morgan fingerprint density at radius 2 is 1.81 bits per heavy atom. The van der Waals surface area contributed by atoms with E-state index >= 15 is 0 Å². The van der Waals surface area contributed by atoms with Gasteiger partial charge in [-0.1, -0.05) is 20.8 Å². The quantitative estimate of drug-likeness (QED) is 0.539. The number of carbonyl (C=O) groups is 2. The Morgan fingerprint density at radius 3 is 2.30 bits per heavy atom. The minimum atomic E-state index is -0.348. The van der Waals surface area contributed by atoms with Crippen molar-refractivity contribution in [3.63, 3.8) is 0 Å². The Kier molecular flexibility index (Phi) is 7.12. The zero-order chi connectivity index (χ0) is 20.2. The topological polar surface area (TPSA) is 62.7 Å². The van der Waals surface area contributed by atoms with Crippen LogP contribution in [0.5, 0.6) is 0 Å². The van der Waals surface area contributed by atoms with Crippen LogP contribution in [-0.4, -0.2) is 66.4 Å². The number of ketones is 2. The van der Waals surface area contributed by atoms with Crippen molar-refractivity contribution in [3.8, 4) is 0 Å². The number of ether oxygens (including phenoxy) is 1. The van der Waals surface area contributed by atoms with Crippen molar-refractivity contribution in [1.29, 1.82) is 0 Å². The molecule has 2 atom stereocenters. The van der Waals surface area contributed by atoms with Crippen LogP contribution in [0.4, 0.5) is 5.82 Å². The third-order valence-corrected chi connectivity index (χ3v) is 5.04. The van der Waals surface area contributed by atoms with Crippen molar-refractivity contribution in [1.82, 2.24) is 9.88 Å². The Hall–Kier alpha value is -1.79. The number of carbonyl (C=O) groups excluding carboxylic acids is 2. The van der Waals surface area contributed by atoms with E-state index in [9.17, 15) is 9.59 Å². The summed E-state index contributed by atoms with van der Waals surface area (Å²) < 4.78 is 5.59. The van der Waals surface area contributed by atoms with E-state index in [2.05, 4.69) is 28.6 Å². The minimum Gasteiger partial charge on any atom is -0.372 e. The minimum absolute atomic E-state index is 0.0323. The summed E-state index contributed by atoms with van der Waals surface area (Å²) in [6, 6.07) is 4.39. The number of nitrogens with zero attached hydrogens (tertiary/aromatic N) is 3. The van der Waals surface area contributed by atoms with Gasteiger partial charge in [0, 0.05) is 48.9 Å². The summed E-state index contributed by atoms with van der Waals surface area (Å²) in [6.45, 7) is 15.1.